The van der Waals surface area contributed by atoms with Gasteiger partial charge in [0.1, 0.15) is 6.20 Å². The molecule has 1 aliphatic heterocycles. The van der Waals surface area contributed by atoms with E-state index in [1.807, 2.05) is 18.2 Å². The van der Waals surface area contributed by atoms with Gasteiger partial charge in [-0.3, -0.25) is 19.1 Å². The second kappa shape index (κ2) is 9.51. The summed E-state index contributed by atoms with van der Waals surface area (Å²) in [5.74, 6) is -0.0674. The molecule has 3 rings (SSSR count). The Labute approximate surface area is 169 Å². The van der Waals surface area contributed by atoms with Gasteiger partial charge in [-0.05, 0) is 37.6 Å². The molecule has 1 saturated heterocycles. The number of rotatable bonds is 7. The number of nitrogens with zero attached hydrogens (tertiary/aromatic N) is 5. The second-order valence-corrected chi connectivity index (χ2v) is 7.31. The zero-order valence-corrected chi connectivity index (χ0v) is 17.0. The molecule has 2 heterocycles. The number of carbonyl (C=O) groups is 1. The number of hydrogen-bond donors (Lipinski definition) is 1. The van der Waals surface area contributed by atoms with Crippen LogP contribution in [0.25, 0.3) is 0 Å². The average molecular weight is 400 g/mol. The lowest BCUT2D eigenvalue weighted by molar-refractivity contribution is -0.114. The van der Waals surface area contributed by atoms with E-state index in [1.165, 1.54) is 24.9 Å². The minimum absolute atomic E-state index is 0.0674. The quantitative estimate of drug-likeness (QED) is 0.681. The van der Waals surface area contributed by atoms with Gasteiger partial charge < -0.3 is 10.2 Å². The van der Waals surface area contributed by atoms with Crippen molar-refractivity contribution >= 4 is 17.3 Å². The van der Waals surface area contributed by atoms with Gasteiger partial charge in [-0.15, -0.1) is 0 Å². The Kier molecular flexibility index (Phi) is 6.82. The van der Waals surface area contributed by atoms with E-state index in [2.05, 4.69) is 26.3 Å². The monoisotopic (exact) mass is 400 g/mol. The molecule has 156 valence electrons. The summed E-state index contributed by atoms with van der Waals surface area (Å²) in [5.41, 5.74) is 1.19. The summed E-state index contributed by atoms with van der Waals surface area (Å²) in [6, 6.07) is 7.93. The van der Waals surface area contributed by atoms with E-state index in [9.17, 15) is 14.4 Å². The van der Waals surface area contributed by atoms with Crippen molar-refractivity contribution in [1.29, 1.82) is 0 Å². The SMILES string of the molecule is CC(=O)Nc1cccc(N2CCN(CCCCn3ncc(=O)n(C)c3=O)CC2)c1. The number of aromatic nitrogens is 3. The van der Waals surface area contributed by atoms with Crippen LogP contribution in [0.2, 0.25) is 0 Å². The third-order valence-electron chi connectivity index (χ3n) is 5.14. The van der Waals surface area contributed by atoms with E-state index >= 15 is 0 Å². The molecular formula is C20H28N6O3. The topological polar surface area (TPSA) is 92.5 Å². The van der Waals surface area contributed by atoms with Gasteiger partial charge in [0, 0.05) is 58.1 Å². The van der Waals surface area contributed by atoms with Crippen LogP contribution in [0.15, 0.2) is 40.1 Å². The molecule has 1 amide bonds. The minimum Gasteiger partial charge on any atom is -0.369 e. The minimum atomic E-state index is -0.383. The molecule has 0 unspecified atom stereocenters. The van der Waals surface area contributed by atoms with Gasteiger partial charge >= 0.3 is 5.69 Å². The van der Waals surface area contributed by atoms with E-state index < -0.39 is 0 Å². The third kappa shape index (κ3) is 5.54. The highest BCUT2D eigenvalue weighted by Gasteiger charge is 2.17. The molecule has 0 aliphatic carbocycles. The first-order chi connectivity index (χ1) is 13.9. The van der Waals surface area contributed by atoms with Crippen molar-refractivity contribution in [1.82, 2.24) is 19.2 Å². The van der Waals surface area contributed by atoms with Crippen LogP contribution in [0.3, 0.4) is 0 Å². The number of nitrogens with one attached hydrogen (secondary N) is 1. The molecule has 2 aromatic rings. The van der Waals surface area contributed by atoms with Crippen LogP contribution in [0.1, 0.15) is 19.8 Å². The highest BCUT2D eigenvalue weighted by atomic mass is 16.2. The first-order valence-electron chi connectivity index (χ1n) is 9.92. The van der Waals surface area contributed by atoms with Crippen molar-refractivity contribution in [2.75, 3.05) is 42.9 Å². The number of piperazine rings is 1. The summed E-state index contributed by atoms with van der Waals surface area (Å²) in [4.78, 5) is 39.3. The first-order valence-corrected chi connectivity index (χ1v) is 9.92. The molecule has 1 aromatic heterocycles. The Morgan fingerprint density at radius 3 is 2.55 bits per heavy atom. The molecule has 0 atom stereocenters. The Morgan fingerprint density at radius 1 is 1.10 bits per heavy atom. The summed E-state index contributed by atoms with van der Waals surface area (Å²) in [6.45, 7) is 6.82. The molecule has 0 spiro atoms. The lowest BCUT2D eigenvalue weighted by Gasteiger charge is -2.36. The van der Waals surface area contributed by atoms with Crippen LogP contribution in [0.5, 0.6) is 0 Å². The lowest BCUT2D eigenvalue weighted by atomic mass is 10.2. The zero-order valence-electron chi connectivity index (χ0n) is 17.0. The van der Waals surface area contributed by atoms with Crippen LogP contribution in [-0.2, 0) is 18.4 Å². The molecule has 9 nitrogen and oxygen atoms in total. The van der Waals surface area contributed by atoms with Crippen LogP contribution >= 0.6 is 0 Å². The lowest BCUT2D eigenvalue weighted by Crippen LogP contribution is -2.46. The van der Waals surface area contributed by atoms with Gasteiger partial charge in [0.05, 0.1) is 0 Å². The van der Waals surface area contributed by atoms with Gasteiger partial charge in [0.2, 0.25) is 5.91 Å². The summed E-state index contributed by atoms with van der Waals surface area (Å²) in [7, 11) is 1.47. The fraction of sp³-hybridized carbons (Fsp3) is 0.500. The predicted octanol–water partition coefficient (Wildman–Crippen LogP) is 0.503. The third-order valence-corrected chi connectivity index (χ3v) is 5.14. The molecule has 1 fully saturated rings. The molecule has 1 aliphatic rings. The highest BCUT2D eigenvalue weighted by molar-refractivity contribution is 5.89. The summed E-state index contributed by atoms with van der Waals surface area (Å²) in [5, 5.41) is 6.74. The molecule has 1 aromatic carbocycles. The fourth-order valence-corrected chi connectivity index (χ4v) is 3.49. The maximum atomic E-state index is 12.0. The fourth-order valence-electron chi connectivity index (χ4n) is 3.49. The van der Waals surface area contributed by atoms with Crippen molar-refractivity contribution in [3.05, 3.63) is 51.3 Å². The number of unbranched alkanes of at least 4 members (excludes halogenated alkanes) is 1. The van der Waals surface area contributed by atoms with Crippen molar-refractivity contribution in [2.45, 2.75) is 26.3 Å². The molecule has 0 radical (unpaired) electrons. The summed E-state index contributed by atoms with van der Waals surface area (Å²) >= 11 is 0. The molecule has 0 bridgehead atoms. The van der Waals surface area contributed by atoms with Crippen LogP contribution in [0.4, 0.5) is 11.4 Å². The maximum Gasteiger partial charge on any atom is 0.347 e. The van der Waals surface area contributed by atoms with Gasteiger partial charge in [0.15, 0.2) is 0 Å². The van der Waals surface area contributed by atoms with E-state index in [0.29, 0.717) is 6.54 Å². The van der Waals surface area contributed by atoms with E-state index in [-0.39, 0.29) is 17.2 Å². The Hall–Kier alpha value is -2.94. The molecule has 9 heteroatoms. The highest BCUT2D eigenvalue weighted by Crippen LogP contribution is 2.21. The first kappa shape index (κ1) is 20.8. The van der Waals surface area contributed by atoms with Gasteiger partial charge in [-0.1, -0.05) is 6.07 Å². The number of amides is 1. The molecule has 1 N–H and O–H groups in total. The van der Waals surface area contributed by atoms with Gasteiger partial charge in [0.25, 0.3) is 5.56 Å². The maximum absolute atomic E-state index is 12.0. The Balaban J connectivity index is 1.42. The van der Waals surface area contributed by atoms with Crippen molar-refractivity contribution in [3.63, 3.8) is 0 Å². The molecule has 0 saturated carbocycles. The molecular weight excluding hydrogens is 372 g/mol. The number of benzene rings is 1. The number of hydrogen-bond acceptors (Lipinski definition) is 6. The van der Waals surface area contributed by atoms with Gasteiger partial charge in [-0.2, -0.15) is 5.10 Å². The summed E-state index contributed by atoms with van der Waals surface area (Å²) < 4.78 is 2.43. The van der Waals surface area contributed by atoms with Crippen LogP contribution in [-0.4, -0.2) is 57.9 Å². The van der Waals surface area contributed by atoms with E-state index in [1.54, 1.807) is 0 Å². The smallest absolute Gasteiger partial charge is 0.347 e. The Bertz CT molecular complexity index is 959. The largest absolute Gasteiger partial charge is 0.369 e. The number of anilines is 2. The summed E-state index contributed by atoms with van der Waals surface area (Å²) in [6.07, 6.45) is 2.99. The van der Waals surface area contributed by atoms with Crippen molar-refractivity contribution in [3.8, 4) is 0 Å². The van der Waals surface area contributed by atoms with E-state index in [0.717, 1.165) is 61.5 Å². The number of carbonyl (C=O) groups excluding carboxylic acids is 1. The van der Waals surface area contributed by atoms with Crippen LogP contribution in [0, 0.1) is 0 Å². The van der Waals surface area contributed by atoms with Gasteiger partial charge in [-0.25, -0.2) is 9.48 Å². The number of aryl methyl sites for hydroxylation is 1. The molecule has 29 heavy (non-hydrogen) atoms. The zero-order chi connectivity index (χ0) is 20.8. The predicted molar refractivity (Wildman–Crippen MR) is 112 cm³/mol. The average Bonchev–Trinajstić information content (AvgIpc) is 2.71. The van der Waals surface area contributed by atoms with Crippen LogP contribution < -0.4 is 21.5 Å². The Morgan fingerprint density at radius 2 is 1.83 bits per heavy atom. The second-order valence-electron chi connectivity index (χ2n) is 7.31. The standard InChI is InChI=1S/C20H28N6O3/c1-16(27)22-17-6-5-7-18(14-17)25-12-10-24(11-13-25)8-3-4-9-26-20(29)23(2)19(28)15-21-26/h5-7,14-15H,3-4,8-13H2,1-2H3,(H,22,27). The van der Waals surface area contributed by atoms with Crippen molar-refractivity contribution in [2.24, 2.45) is 7.05 Å². The van der Waals surface area contributed by atoms with Crippen molar-refractivity contribution < 1.29 is 4.79 Å². The normalized spacial score (nSPS) is 14.8. The van der Waals surface area contributed by atoms with E-state index in [4.69, 9.17) is 0 Å².